The molecule has 0 unspecified atom stereocenters. The van der Waals surface area contributed by atoms with Crippen LogP contribution in [0, 0.1) is 0 Å². The normalized spacial score (nSPS) is 19.6. The Morgan fingerprint density at radius 2 is 1.81 bits per heavy atom. The number of carbonyl (C=O) groups excluding carboxylic acids is 1. The molecule has 1 saturated heterocycles. The largest absolute Gasteiger partial charge is 0.445 e. The van der Waals surface area contributed by atoms with Crippen molar-refractivity contribution in [3.05, 3.63) is 30.1 Å². The molecule has 206 valence electrons. The standard InChI is InChI=1S/C27H51N3O4Si2/c1-12-15-32-25(31)30-20-23(34-36(10,11)27(5,6)7)18-22(30)17-21-19-28-29-24(21)14-13-16-33-35(8,9)26(2,3)4/h12,19,22-23H,1,13-18,20H2,2-11H3,(H,28,29)/t22-,23-/m1/s1. The Balaban J connectivity index is 2.06. The third kappa shape index (κ3) is 8.03. The molecule has 0 aliphatic carbocycles. The van der Waals surface area contributed by atoms with Gasteiger partial charge in [0.25, 0.3) is 0 Å². The average molecular weight is 538 g/mol. The predicted octanol–water partition coefficient (Wildman–Crippen LogP) is 6.69. The van der Waals surface area contributed by atoms with Crippen LogP contribution in [0.2, 0.25) is 36.3 Å². The number of aromatic amines is 1. The average Bonchev–Trinajstić information content (AvgIpc) is 3.34. The Morgan fingerprint density at radius 1 is 1.17 bits per heavy atom. The smallest absolute Gasteiger partial charge is 0.410 e. The maximum Gasteiger partial charge on any atom is 0.410 e. The number of likely N-dealkylation sites (tertiary alicyclic amines) is 1. The minimum atomic E-state index is -1.95. The van der Waals surface area contributed by atoms with Crippen molar-refractivity contribution in [3.63, 3.8) is 0 Å². The van der Waals surface area contributed by atoms with E-state index in [4.69, 9.17) is 13.6 Å². The fourth-order valence-electron chi connectivity index (χ4n) is 3.96. The van der Waals surface area contributed by atoms with Crippen LogP contribution in [0.15, 0.2) is 18.9 Å². The number of aromatic nitrogens is 2. The Kier molecular flexibility index (Phi) is 10.2. The van der Waals surface area contributed by atoms with Gasteiger partial charge in [0.05, 0.1) is 12.3 Å². The van der Waals surface area contributed by atoms with E-state index in [1.54, 1.807) is 6.08 Å². The molecule has 1 aliphatic rings. The summed E-state index contributed by atoms with van der Waals surface area (Å²) >= 11 is 0. The van der Waals surface area contributed by atoms with Gasteiger partial charge in [-0.1, -0.05) is 54.2 Å². The first-order chi connectivity index (χ1) is 16.5. The number of carbonyl (C=O) groups is 1. The van der Waals surface area contributed by atoms with Gasteiger partial charge in [-0.15, -0.1) is 0 Å². The summed E-state index contributed by atoms with van der Waals surface area (Å²) in [6.07, 6.45) is 6.57. The van der Waals surface area contributed by atoms with Crippen molar-refractivity contribution in [2.45, 2.75) is 116 Å². The van der Waals surface area contributed by atoms with E-state index in [9.17, 15) is 4.79 Å². The highest BCUT2D eigenvalue weighted by Crippen LogP contribution is 2.39. The van der Waals surface area contributed by atoms with Gasteiger partial charge >= 0.3 is 6.09 Å². The first-order valence-electron chi connectivity index (χ1n) is 13.4. The van der Waals surface area contributed by atoms with Gasteiger partial charge in [0.2, 0.25) is 0 Å². The summed E-state index contributed by atoms with van der Waals surface area (Å²) in [5.41, 5.74) is 2.28. The maximum absolute atomic E-state index is 12.9. The van der Waals surface area contributed by atoms with Gasteiger partial charge in [-0.05, 0) is 67.5 Å². The van der Waals surface area contributed by atoms with E-state index in [1.165, 1.54) is 0 Å². The van der Waals surface area contributed by atoms with Gasteiger partial charge < -0.3 is 18.5 Å². The fourth-order valence-corrected chi connectivity index (χ4v) is 6.40. The molecule has 1 fully saturated rings. The zero-order valence-corrected chi connectivity index (χ0v) is 26.5. The highest BCUT2D eigenvalue weighted by molar-refractivity contribution is 6.74. The van der Waals surface area contributed by atoms with E-state index >= 15 is 0 Å². The molecular weight excluding hydrogens is 486 g/mol. The second-order valence-electron chi connectivity index (χ2n) is 13.2. The van der Waals surface area contributed by atoms with Gasteiger partial charge in [-0.25, -0.2) is 4.79 Å². The molecule has 1 aliphatic heterocycles. The van der Waals surface area contributed by atoms with Crippen molar-refractivity contribution in [2.24, 2.45) is 0 Å². The van der Waals surface area contributed by atoms with Crippen LogP contribution in [-0.2, 0) is 26.4 Å². The zero-order chi connectivity index (χ0) is 27.4. The topological polar surface area (TPSA) is 76.7 Å². The molecule has 0 bridgehead atoms. The van der Waals surface area contributed by atoms with Crippen molar-refractivity contribution in [3.8, 4) is 0 Å². The number of rotatable bonds is 11. The summed E-state index contributed by atoms with van der Waals surface area (Å²) in [5.74, 6) is 0. The van der Waals surface area contributed by atoms with Crippen LogP contribution < -0.4 is 0 Å². The van der Waals surface area contributed by atoms with Crippen LogP contribution >= 0.6 is 0 Å². The number of nitrogens with one attached hydrogen (secondary N) is 1. The van der Waals surface area contributed by atoms with Crippen LogP contribution in [0.5, 0.6) is 0 Å². The van der Waals surface area contributed by atoms with Crippen molar-refractivity contribution in [2.75, 3.05) is 19.8 Å². The summed E-state index contributed by atoms with van der Waals surface area (Å²) in [7, 11) is -3.70. The van der Waals surface area contributed by atoms with Gasteiger partial charge in [-0.2, -0.15) is 5.10 Å². The van der Waals surface area contributed by atoms with Crippen molar-refractivity contribution < 1.29 is 18.4 Å². The minimum absolute atomic E-state index is 0.0110. The predicted molar refractivity (Wildman–Crippen MR) is 152 cm³/mol. The quantitative estimate of drug-likeness (QED) is 0.193. The molecule has 0 saturated carbocycles. The monoisotopic (exact) mass is 537 g/mol. The second-order valence-corrected chi connectivity index (χ2v) is 22.8. The van der Waals surface area contributed by atoms with E-state index in [2.05, 4.69) is 84.5 Å². The zero-order valence-electron chi connectivity index (χ0n) is 24.5. The van der Waals surface area contributed by atoms with Crippen LogP contribution in [-0.4, -0.2) is 69.7 Å². The van der Waals surface area contributed by atoms with Crippen LogP contribution in [0.1, 0.15) is 65.6 Å². The number of amides is 1. The summed E-state index contributed by atoms with van der Waals surface area (Å²) in [6, 6.07) is 0.0110. The minimum Gasteiger partial charge on any atom is -0.445 e. The lowest BCUT2D eigenvalue weighted by atomic mass is 10.0. The Morgan fingerprint density at radius 3 is 2.39 bits per heavy atom. The summed E-state index contributed by atoms with van der Waals surface area (Å²) in [4.78, 5) is 14.7. The molecule has 9 heteroatoms. The van der Waals surface area contributed by atoms with E-state index in [-0.39, 0.29) is 34.9 Å². The number of aryl methyl sites for hydroxylation is 1. The summed E-state index contributed by atoms with van der Waals surface area (Å²) < 4.78 is 18.5. The third-order valence-corrected chi connectivity index (χ3v) is 17.4. The Labute approximate surface area is 221 Å². The first-order valence-corrected chi connectivity index (χ1v) is 19.2. The van der Waals surface area contributed by atoms with E-state index in [1.807, 2.05) is 11.1 Å². The number of hydrogen-bond donors (Lipinski definition) is 1. The molecular formula is C27H51N3O4Si2. The number of hydrogen-bond acceptors (Lipinski definition) is 5. The van der Waals surface area contributed by atoms with Crippen molar-refractivity contribution in [1.29, 1.82) is 0 Å². The lowest BCUT2D eigenvalue weighted by molar-refractivity contribution is 0.103. The van der Waals surface area contributed by atoms with Crippen LogP contribution in [0.3, 0.4) is 0 Å². The molecule has 7 nitrogen and oxygen atoms in total. The third-order valence-electron chi connectivity index (χ3n) is 8.31. The van der Waals surface area contributed by atoms with Crippen LogP contribution in [0.25, 0.3) is 0 Å². The van der Waals surface area contributed by atoms with Crippen LogP contribution in [0.4, 0.5) is 4.79 Å². The number of nitrogens with zero attached hydrogens (tertiary/aromatic N) is 2. The SMILES string of the molecule is C=CCOC(=O)N1C[C@H](O[Si](C)(C)C(C)(C)C)C[C@H]1Cc1cn[nH]c1CCCO[Si](C)(C)C(C)(C)C. The molecule has 2 heterocycles. The van der Waals surface area contributed by atoms with Gasteiger partial charge in [0, 0.05) is 24.9 Å². The van der Waals surface area contributed by atoms with Crippen molar-refractivity contribution in [1.82, 2.24) is 15.1 Å². The molecule has 0 radical (unpaired) electrons. The molecule has 2 atom stereocenters. The molecule has 1 N–H and O–H groups in total. The number of ether oxygens (including phenoxy) is 1. The van der Waals surface area contributed by atoms with Gasteiger partial charge in [0.1, 0.15) is 6.61 Å². The molecule has 1 aromatic rings. The van der Waals surface area contributed by atoms with Crippen molar-refractivity contribution >= 4 is 22.7 Å². The fraction of sp³-hybridized carbons (Fsp3) is 0.778. The Hall–Kier alpha value is -1.43. The van der Waals surface area contributed by atoms with E-state index < -0.39 is 16.6 Å². The summed E-state index contributed by atoms with van der Waals surface area (Å²) in [5, 5.41) is 7.84. The van der Waals surface area contributed by atoms with E-state index in [0.29, 0.717) is 6.54 Å². The second kappa shape index (κ2) is 12.0. The summed E-state index contributed by atoms with van der Waals surface area (Å²) in [6.45, 7) is 27.8. The van der Waals surface area contributed by atoms with E-state index in [0.717, 1.165) is 43.5 Å². The highest BCUT2D eigenvalue weighted by atomic mass is 28.4. The molecule has 1 amide bonds. The lowest BCUT2D eigenvalue weighted by Crippen LogP contribution is -2.44. The maximum atomic E-state index is 12.9. The Bertz CT molecular complexity index is 871. The molecule has 0 spiro atoms. The molecule has 1 aromatic heterocycles. The van der Waals surface area contributed by atoms with Gasteiger partial charge in [-0.3, -0.25) is 5.10 Å². The highest BCUT2D eigenvalue weighted by Gasteiger charge is 2.44. The molecule has 0 aromatic carbocycles. The molecule has 36 heavy (non-hydrogen) atoms. The van der Waals surface area contributed by atoms with Gasteiger partial charge in [0.15, 0.2) is 16.6 Å². The molecule has 2 rings (SSSR count). The lowest BCUT2D eigenvalue weighted by Gasteiger charge is -2.38. The number of H-pyrrole nitrogens is 1. The first kappa shape index (κ1) is 30.8.